The van der Waals surface area contributed by atoms with Gasteiger partial charge in [-0.3, -0.25) is 9.59 Å². The molecule has 1 aromatic heterocycles. The Kier molecular flexibility index (Phi) is 5.07. The molecule has 0 spiro atoms. The number of hydrogen-bond donors (Lipinski definition) is 1. The van der Waals surface area contributed by atoms with Crippen molar-refractivity contribution in [1.82, 2.24) is 10.1 Å². The molecule has 0 bridgehead atoms. The van der Waals surface area contributed by atoms with Crippen molar-refractivity contribution >= 4 is 17.4 Å². The lowest BCUT2D eigenvalue weighted by molar-refractivity contribution is 0.100. The molecule has 7 nitrogen and oxygen atoms in total. The predicted octanol–water partition coefficient (Wildman–Crippen LogP) is 3.41. The van der Waals surface area contributed by atoms with E-state index in [1.165, 1.54) is 6.92 Å². The van der Waals surface area contributed by atoms with Crippen LogP contribution in [0.15, 0.2) is 53.1 Å². The van der Waals surface area contributed by atoms with Crippen LogP contribution < -0.4 is 10.1 Å². The summed E-state index contributed by atoms with van der Waals surface area (Å²) in [5.41, 5.74) is 1.42. The summed E-state index contributed by atoms with van der Waals surface area (Å²) < 4.78 is 10.5. The molecule has 7 heteroatoms. The minimum Gasteiger partial charge on any atom is -0.485 e. The molecule has 0 radical (unpaired) electrons. The number of ether oxygens (including phenoxy) is 1. The molecule has 1 heterocycles. The summed E-state index contributed by atoms with van der Waals surface area (Å²) in [6, 6.07) is 13.6. The second kappa shape index (κ2) is 7.60. The van der Waals surface area contributed by atoms with Crippen molar-refractivity contribution in [2.24, 2.45) is 0 Å². The van der Waals surface area contributed by atoms with Gasteiger partial charge in [-0.1, -0.05) is 29.4 Å². The van der Waals surface area contributed by atoms with Crippen molar-refractivity contribution in [1.29, 1.82) is 0 Å². The van der Waals surface area contributed by atoms with Crippen LogP contribution >= 0.6 is 0 Å². The monoisotopic (exact) mass is 351 g/mol. The molecular weight excluding hydrogens is 334 g/mol. The third kappa shape index (κ3) is 4.13. The molecular formula is C19H17N3O4. The summed E-state index contributed by atoms with van der Waals surface area (Å²) in [7, 11) is 0. The molecule has 3 aromatic rings. The first kappa shape index (κ1) is 17.3. The van der Waals surface area contributed by atoms with Gasteiger partial charge in [-0.25, -0.2) is 0 Å². The number of nitrogens with one attached hydrogen (secondary N) is 1. The number of para-hydroxylation sites is 1. The Hall–Kier alpha value is -3.48. The van der Waals surface area contributed by atoms with Crippen LogP contribution in [-0.2, 0) is 6.61 Å². The maximum atomic E-state index is 12.6. The first-order valence-corrected chi connectivity index (χ1v) is 7.96. The van der Waals surface area contributed by atoms with E-state index >= 15 is 0 Å². The number of benzene rings is 2. The highest BCUT2D eigenvalue weighted by Crippen LogP contribution is 2.21. The number of carbonyl (C=O) groups excluding carboxylic acids is 2. The second-order valence-electron chi connectivity index (χ2n) is 5.61. The molecule has 2 aromatic carbocycles. The lowest BCUT2D eigenvalue weighted by atomic mass is 10.1. The van der Waals surface area contributed by atoms with E-state index in [-0.39, 0.29) is 18.3 Å². The molecule has 0 fully saturated rings. The highest BCUT2D eigenvalue weighted by Gasteiger charge is 2.14. The van der Waals surface area contributed by atoms with Crippen molar-refractivity contribution in [2.45, 2.75) is 20.5 Å². The Morgan fingerprint density at radius 2 is 1.96 bits per heavy atom. The van der Waals surface area contributed by atoms with Gasteiger partial charge in [-0.05, 0) is 31.2 Å². The van der Waals surface area contributed by atoms with Crippen LogP contribution in [-0.4, -0.2) is 21.8 Å². The number of ketones is 1. The minimum absolute atomic E-state index is 0.0692. The van der Waals surface area contributed by atoms with Gasteiger partial charge in [0.05, 0.1) is 5.56 Å². The van der Waals surface area contributed by atoms with Crippen molar-refractivity contribution in [3.8, 4) is 5.75 Å². The smallest absolute Gasteiger partial charge is 0.259 e. The van der Waals surface area contributed by atoms with Gasteiger partial charge < -0.3 is 14.6 Å². The molecule has 1 N–H and O–H groups in total. The summed E-state index contributed by atoms with van der Waals surface area (Å²) in [5, 5.41) is 6.53. The van der Waals surface area contributed by atoms with Gasteiger partial charge in [0.25, 0.3) is 5.91 Å². The summed E-state index contributed by atoms with van der Waals surface area (Å²) >= 11 is 0. The first-order chi connectivity index (χ1) is 12.5. The Morgan fingerprint density at radius 3 is 2.69 bits per heavy atom. The van der Waals surface area contributed by atoms with E-state index in [0.717, 1.165) is 0 Å². The van der Waals surface area contributed by atoms with E-state index in [1.807, 2.05) is 0 Å². The van der Waals surface area contributed by atoms with Gasteiger partial charge in [0, 0.05) is 18.2 Å². The molecule has 0 saturated heterocycles. The zero-order valence-electron chi connectivity index (χ0n) is 14.4. The van der Waals surface area contributed by atoms with Crippen LogP contribution in [0.3, 0.4) is 0 Å². The molecule has 0 aliphatic rings. The second-order valence-corrected chi connectivity index (χ2v) is 5.61. The SMILES string of the molecule is CC(=O)c1cccc(NC(=O)c2ccccc2OCc2noc(C)n2)c1. The van der Waals surface area contributed by atoms with Crippen LogP contribution in [0.4, 0.5) is 5.69 Å². The fraction of sp³-hybridized carbons (Fsp3) is 0.158. The summed E-state index contributed by atoms with van der Waals surface area (Å²) in [5.74, 6) is 0.827. The van der Waals surface area contributed by atoms with Crippen molar-refractivity contribution in [3.63, 3.8) is 0 Å². The van der Waals surface area contributed by atoms with Crippen molar-refractivity contribution in [2.75, 3.05) is 5.32 Å². The van der Waals surface area contributed by atoms with E-state index in [4.69, 9.17) is 9.26 Å². The Balaban J connectivity index is 1.75. The molecule has 0 saturated carbocycles. The molecule has 132 valence electrons. The average molecular weight is 351 g/mol. The third-order valence-corrected chi connectivity index (χ3v) is 3.59. The number of anilines is 1. The highest BCUT2D eigenvalue weighted by atomic mass is 16.5. The van der Waals surface area contributed by atoms with Gasteiger partial charge in [0.2, 0.25) is 11.7 Å². The number of carbonyl (C=O) groups is 2. The molecule has 0 unspecified atom stereocenters. The fourth-order valence-corrected chi connectivity index (χ4v) is 2.34. The molecule has 3 rings (SSSR count). The predicted molar refractivity (Wildman–Crippen MR) is 94.2 cm³/mol. The van der Waals surface area contributed by atoms with E-state index in [1.54, 1.807) is 55.5 Å². The largest absolute Gasteiger partial charge is 0.485 e. The number of aromatic nitrogens is 2. The quantitative estimate of drug-likeness (QED) is 0.684. The summed E-state index contributed by atoms with van der Waals surface area (Å²) in [6.45, 7) is 3.25. The number of hydrogen-bond acceptors (Lipinski definition) is 6. The minimum atomic E-state index is -0.342. The molecule has 26 heavy (non-hydrogen) atoms. The molecule has 1 amide bonds. The van der Waals surface area contributed by atoms with Crippen LogP contribution in [0.2, 0.25) is 0 Å². The Bertz CT molecular complexity index is 949. The van der Waals surface area contributed by atoms with Gasteiger partial charge in [-0.2, -0.15) is 4.98 Å². The van der Waals surface area contributed by atoms with E-state index in [0.29, 0.717) is 34.3 Å². The first-order valence-electron chi connectivity index (χ1n) is 7.96. The van der Waals surface area contributed by atoms with Crippen LogP contribution in [0, 0.1) is 6.92 Å². The van der Waals surface area contributed by atoms with Gasteiger partial charge in [0.1, 0.15) is 5.75 Å². The standard InChI is InChI=1S/C19H17N3O4/c1-12(23)14-6-5-7-15(10-14)21-19(24)16-8-3-4-9-17(16)25-11-18-20-13(2)26-22-18/h3-10H,11H2,1-2H3,(H,21,24). The molecule has 0 aliphatic heterocycles. The van der Waals surface area contributed by atoms with Crippen LogP contribution in [0.25, 0.3) is 0 Å². The van der Waals surface area contributed by atoms with Crippen LogP contribution in [0.5, 0.6) is 5.75 Å². The van der Waals surface area contributed by atoms with Gasteiger partial charge in [-0.15, -0.1) is 0 Å². The average Bonchev–Trinajstić information content (AvgIpc) is 3.05. The van der Waals surface area contributed by atoms with Crippen molar-refractivity contribution in [3.05, 3.63) is 71.4 Å². The summed E-state index contributed by atoms with van der Waals surface area (Å²) in [6.07, 6.45) is 0. The number of nitrogens with zero attached hydrogens (tertiary/aromatic N) is 2. The van der Waals surface area contributed by atoms with Crippen LogP contribution in [0.1, 0.15) is 39.4 Å². The van der Waals surface area contributed by atoms with Gasteiger partial charge in [0.15, 0.2) is 12.4 Å². The zero-order chi connectivity index (χ0) is 18.5. The lowest BCUT2D eigenvalue weighted by Gasteiger charge is -2.11. The number of amides is 1. The maximum Gasteiger partial charge on any atom is 0.259 e. The zero-order valence-corrected chi connectivity index (χ0v) is 14.4. The molecule has 0 aliphatic carbocycles. The Labute approximate surface area is 150 Å². The Morgan fingerprint density at radius 1 is 1.15 bits per heavy atom. The van der Waals surface area contributed by atoms with Gasteiger partial charge >= 0.3 is 0 Å². The highest BCUT2D eigenvalue weighted by molar-refractivity contribution is 6.06. The lowest BCUT2D eigenvalue weighted by Crippen LogP contribution is -2.14. The van der Waals surface area contributed by atoms with E-state index in [9.17, 15) is 9.59 Å². The van der Waals surface area contributed by atoms with Crippen molar-refractivity contribution < 1.29 is 18.8 Å². The normalized spacial score (nSPS) is 10.4. The fourth-order valence-electron chi connectivity index (χ4n) is 2.34. The van der Waals surface area contributed by atoms with E-state index in [2.05, 4.69) is 15.5 Å². The van der Waals surface area contributed by atoms with E-state index < -0.39 is 0 Å². The number of aryl methyl sites for hydroxylation is 1. The third-order valence-electron chi connectivity index (χ3n) is 3.59. The summed E-state index contributed by atoms with van der Waals surface area (Å²) in [4.78, 5) is 28.1. The molecule has 0 atom stereocenters. The topological polar surface area (TPSA) is 94.3 Å². The number of rotatable bonds is 6. The maximum absolute atomic E-state index is 12.6. The number of Topliss-reactive ketones (excluding diaryl/α,β-unsaturated/α-hetero) is 1.